The van der Waals surface area contributed by atoms with Gasteiger partial charge in [-0.2, -0.15) is 0 Å². The molecule has 1 N–H and O–H groups in total. The first-order valence-electron chi connectivity index (χ1n) is 10.8. The fraction of sp³-hybridized carbons (Fsp3) is 0.261. The molecule has 0 amide bonds. The van der Waals surface area contributed by atoms with E-state index >= 15 is 0 Å². The molecule has 4 aromatic rings. The van der Waals surface area contributed by atoms with Crippen LogP contribution in [0.2, 0.25) is 10.0 Å². The first kappa shape index (κ1) is 23.0. The van der Waals surface area contributed by atoms with Crippen LogP contribution in [0.4, 0.5) is 5.82 Å². The first-order valence-corrected chi connectivity index (χ1v) is 13.4. The number of benzene rings is 2. The quantitative estimate of drug-likeness (QED) is 0.415. The van der Waals surface area contributed by atoms with Crippen LogP contribution in [0.1, 0.15) is 12.8 Å². The number of rotatable bonds is 5. The molecule has 11 heteroatoms. The Kier molecular flexibility index (Phi) is 6.20. The molecule has 0 unspecified atom stereocenters. The van der Waals surface area contributed by atoms with Crippen LogP contribution >= 0.6 is 23.2 Å². The molecule has 1 saturated heterocycles. The number of nitrogens with zero attached hydrogens (tertiary/aromatic N) is 5. The minimum atomic E-state index is -3.26. The summed E-state index contributed by atoms with van der Waals surface area (Å²) in [6.07, 6.45) is 4.31. The summed E-state index contributed by atoms with van der Waals surface area (Å²) in [7, 11) is -3.26. The summed E-state index contributed by atoms with van der Waals surface area (Å²) < 4.78 is 27.5. The van der Waals surface area contributed by atoms with Crippen molar-refractivity contribution in [1.29, 1.82) is 0 Å². The van der Waals surface area contributed by atoms with E-state index < -0.39 is 10.0 Å². The van der Waals surface area contributed by atoms with E-state index in [1.165, 1.54) is 16.9 Å². The third-order valence-corrected chi connectivity index (χ3v) is 7.69. The highest BCUT2D eigenvalue weighted by atomic mass is 35.5. The van der Waals surface area contributed by atoms with Crippen LogP contribution in [-0.4, -0.2) is 57.6 Å². The summed E-state index contributed by atoms with van der Waals surface area (Å²) in [5, 5.41) is 4.59. The normalized spacial score (nSPS) is 17.2. The van der Waals surface area contributed by atoms with Gasteiger partial charge >= 0.3 is 0 Å². The minimum Gasteiger partial charge on any atom is -0.364 e. The Hall–Kier alpha value is -2.72. The van der Waals surface area contributed by atoms with Crippen LogP contribution in [0, 0.1) is 0 Å². The molecule has 0 radical (unpaired) electrons. The van der Waals surface area contributed by atoms with E-state index in [1.54, 1.807) is 12.1 Å². The summed E-state index contributed by atoms with van der Waals surface area (Å²) in [6, 6.07) is 14.8. The molecule has 0 aliphatic carbocycles. The molecular formula is C23H22Cl2N6O2S. The van der Waals surface area contributed by atoms with Crippen LogP contribution in [-0.2, 0) is 10.0 Å². The van der Waals surface area contributed by atoms with E-state index in [4.69, 9.17) is 28.2 Å². The van der Waals surface area contributed by atoms with Crippen LogP contribution in [0.3, 0.4) is 0 Å². The van der Waals surface area contributed by atoms with Gasteiger partial charge in [0.1, 0.15) is 12.2 Å². The van der Waals surface area contributed by atoms with Gasteiger partial charge in [-0.15, -0.1) is 0 Å². The summed E-state index contributed by atoms with van der Waals surface area (Å²) in [5.74, 6) is 1.17. The standard InChI is InChI=1S/C23H22Cl2N6O2S/c1-34(32,33)30-12-4-5-16(13-30)28-21-20-23(27-14-26-21)31(17-10-8-15(24)9-11-17)22(29-20)18-6-2-3-7-19(18)25/h2-3,6-11,14,16H,4-5,12-13H2,1H3,(H,26,27,28)/t16-/m1/s1. The predicted molar refractivity (Wildman–Crippen MR) is 135 cm³/mol. The van der Waals surface area contributed by atoms with E-state index in [0.717, 1.165) is 24.1 Å². The second-order valence-corrected chi connectivity index (χ2v) is 11.1. The molecule has 1 atom stereocenters. The fourth-order valence-electron chi connectivity index (χ4n) is 4.21. The number of anilines is 1. The van der Waals surface area contributed by atoms with Gasteiger partial charge in [0, 0.05) is 35.4 Å². The molecule has 1 aliphatic rings. The Labute approximate surface area is 207 Å². The first-order chi connectivity index (χ1) is 16.3. The number of imidazole rings is 1. The van der Waals surface area contributed by atoms with Gasteiger partial charge < -0.3 is 5.32 Å². The molecule has 0 bridgehead atoms. The summed E-state index contributed by atoms with van der Waals surface area (Å²) in [6.45, 7) is 0.900. The minimum absolute atomic E-state index is 0.0916. The van der Waals surface area contributed by atoms with Gasteiger partial charge in [0.05, 0.1) is 11.3 Å². The Morgan fingerprint density at radius 3 is 2.56 bits per heavy atom. The van der Waals surface area contributed by atoms with Crippen molar-refractivity contribution in [2.75, 3.05) is 24.7 Å². The molecule has 2 aromatic carbocycles. The number of sulfonamides is 1. The number of hydrogen-bond donors (Lipinski definition) is 1. The maximum atomic E-state index is 12.0. The summed E-state index contributed by atoms with van der Waals surface area (Å²) >= 11 is 12.7. The molecule has 5 rings (SSSR count). The van der Waals surface area contributed by atoms with E-state index in [1.807, 2.05) is 41.0 Å². The van der Waals surface area contributed by atoms with Crippen LogP contribution in [0.25, 0.3) is 28.2 Å². The number of fused-ring (bicyclic) bond motifs is 1. The molecule has 34 heavy (non-hydrogen) atoms. The average molecular weight is 517 g/mol. The second kappa shape index (κ2) is 9.14. The van der Waals surface area contributed by atoms with Crippen molar-refractivity contribution in [3.05, 3.63) is 64.9 Å². The van der Waals surface area contributed by atoms with E-state index in [0.29, 0.717) is 45.9 Å². The Morgan fingerprint density at radius 1 is 1.06 bits per heavy atom. The van der Waals surface area contributed by atoms with Crippen molar-refractivity contribution in [3.63, 3.8) is 0 Å². The predicted octanol–water partition coefficient (Wildman–Crippen LogP) is 4.63. The van der Waals surface area contributed by atoms with Gasteiger partial charge in [-0.3, -0.25) is 4.57 Å². The third kappa shape index (κ3) is 4.48. The van der Waals surface area contributed by atoms with Gasteiger partial charge in [0.25, 0.3) is 0 Å². The zero-order valence-electron chi connectivity index (χ0n) is 18.3. The van der Waals surface area contributed by atoms with Crippen molar-refractivity contribution in [2.45, 2.75) is 18.9 Å². The lowest BCUT2D eigenvalue weighted by Gasteiger charge is -2.31. The lowest BCUT2D eigenvalue weighted by atomic mass is 10.1. The third-order valence-electron chi connectivity index (χ3n) is 5.84. The number of hydrogen-bond acceptors (Lipinski definition) is 6. The Morgan fingerprint density at radius 2 is 1.82 bits per heavy atom. The van der Waals surface area contributed by atoms with E-state index in [9.17, 15) is 8.42 Å². The zero-order chi connectivity index (χ0) is 23.9. The average Bonchev–Trinajstić information content (AvgIpc) is 3.20. The summed E-state index contributed by atoms with van der Waals surface area (Å²) in [5.41, 5.74) is 2.76. The van der Waals surface area contributed by atoms with Gasteiger partial charge in [-0.05, 0) is 49.2 Å². The van der Waals surface area contributed by atoms with Crippen LogP contribution in [0.5, 0.6) is 0 Å². The molecular weight excluding hydrogens is 495 g/mol. The topological polar surface area (TPSA) is 93.0 Å². The number of aromatic nitrogens is 4. The van der Waals surface area contributed by atoms with Crippen molar-refractivity contribution >= 4 is 50.2 Å². The lowest BCUT2D eigenvalue weighted by Crippen LogP contribution is -2.44. The molecule has 1 fully saturated rings. The number of nitrogens with one attached hydrogen (secondary N) is 1. The van der Waals surface area contributed by atoms with Crippen molar-refractivity contribution in [1.82, 2.24) is 23.8 Å². The fourth-order valence-corrected chi connectivity index (χ4v) is 5.47. The van der Waals surface area contributed by atoms with Crippen LogP contribution < -0.4 is 5.32 Å². The molecule has 0 saturated carbocycles. The number of halogens is 2. The molecule has 8 nitrogen and oxygen atoms in total. The smallest absolute Gasteiger partial charge is 0.211 e. The maximum Gasteiger partial charge on any atom is 0.211 e. The van der Waals surface area contributed by atoms with Crippen molar-refractivity contribution < 1.29 is 8.42 Å². The van der Waals surface area contributed by atoms with E-state index in [-0.39, 0.29) is 6.04 Å². The monoisotopic (exact) mass is 516 g/mol. The highest BCUT2D eigenvalue weighted by Crippen LogP contribution is 2.34. The molecule has 3 heterocycles. The SMILES string of the molecule is CS(=O)(=O)N1CCC[C@@H](Nc2ncnc3c2nc(-c2ccccc2Cl)n3-c2ccc(Cl)cc2)C1. The molecule has 176 valence electrons. The lowest BCUT2D eigenvalue weighted by molar-refractivity contribution is 0.329. The van der Waals surface area contributed by atoms with Gasteiger partial charge in [-0.1, -0.05) is 35.3 Å². The van der Waals surface area contributed by atoms with Crippen molar-refractivity contribution in [2.24, 2.45) is 0 Å². The van der Waals surface area contributed by atoms with Crippen LogP contribution in [0.15, 0.2) is 54.9 Å². The highest BCUT2D eigenvalue weighted by molar-refractivity contribution is 7.88. The zero-order valence-corrected chi connectivity index (χ0v) is 20.6. The van der Waals surface area contributed by atoms with Gasteiger partial charge in [0.2, 0.25) is 10.0 Å². The summed E-state index contributed by atoms with van der Waals surface area (Å²) in [4.78, 5) is 13.9. The van der Waals surface area contributed by atoms with Gasteiger partial charge in [-0.25, -0.2) is 27.7 Å². The highest BCUT2D eigenvalue weighted by Gasteiger charge is 2.27. The molecule has 0 spiro atoms. The largest absolute Gasteiger partial charge is 0.364 e. The van der Waals surface area contributed by atoms with Crippen molar-refractivity contribution in [3.8, 4) is 17.1 Å². The molecule has 2 aromatic heterocycles. The Balaban J connectivity index is 1.63. The second-order valence-electron chi connectivity index (χ2n) is 8.23. The molecule has 1 aliphatic heterocycles. The van der Waals surface area contributed by atoms with E-state index in [2.05, 4.69) is 15.3 Å². The van der Waals surface area contributed by atoms with Gasteiger partial charge in [0.15, 0.2) is 17.0 Å². The number of piperidine rings is 1. The Bertz CT molecular complexity index is 1460. The maximum absolute atomic E-state index is 12.0.